The summed E-state index contributed by atoms with van der Waals surface area (Å²) in [6.45, 7) is 5.97. The molecule has 0 fully saturated rings. The predicted molar refractivity (Wildman–Crippen MR) is 70.7 cm³/mol. The number of nitrogens with zero attached hydrogens (tertiary/aromatic N) is 4. The third-order valence-corrected chi connectivity index (χ3v) is 3.00. The van der Waals surface area contributed by atoms with E-state index < -0.39 is 0 Å². The largest absolute Gasteiger partial charge is 0.312 e. The normalized spacial score (nSPS) is 12.7. The highest BCUT2D eigenvalue weighted by Gasteiger charge is 2.09. The van der Waals surface area contributed by atoms with Gasteiger partial charge in [-0.2, -0.15) is 5.10 Å². The van der Waals surface area contributed by atoms with Crippen LogP contribution in [0.1, 0.15) is 36.7 Å². The second-order valence-corrected chi connectivity index (χ2v) is 4.31. The van der Waals surface area contributed by atoms with Crippen molar-refractivity contribution < 1.29 is 0 Å². The van der Waals surface area contributed by atoms with Crippen LogP contribution in [0.15, 0.2) is 18.3 Å². The van der Waals surface area contributed by atoms with E-state index in [9.17, 15) is 0 Å². The van der Waals surface area contributed by atoms with Gasteiger partial charge < -0.3 is 5.32 Å². The van der Waals surface area contributed by atoms with Gasteiger partial charge in [0.15, 0.2) is 0 Å². The van der Waals surface area contributed by atoms with Gasteiger partial charge in [0.25, 0.3) is 0 Å². The lowest BCUT2D eigenvalue weighted by atomic mass is 10.1. The number of aryl methyl sites for hydroxylation is 2. The van der Waals surface area contributed by atoms with Crippen LogP contribution in [-0.2, 0) is 0 Å². The Hall–Kier alpha value is -1.75. The molecule has 0 aliphatic carbocycles. The Morgan fingerprint density at radius 2 is 2.11 bits per heavy atom. The summed E-state index contributed by atoms with van der Waals surface area (Å²) in [5, 5.41) is 7.59. The zero-order chi connectivity index (χ0) is 13.1. The molecule has 0 aliphatic heterocycles. The number of aromatic nitrogens is 4. The van der Waals surface area contributed by atoms with E-state index in [1.54, 1.807) is 0 Å². The minimum Gasteiger partial charge on any atom is -0.312 e. The van der Waals surface area contributed by atoms with Crippen molar-refractivity contribution in [1.82, 2.24) is 25.1 Å². The summed E-state index contributed by atoms with van der Waals surface area (Å²) in [6, 6.07) is 4.37. The highest BCUT2D eigenvalue weighted by molar-refractivity contribution is 5.30. The van der Waals surface area contributed by atoms with Crippen LogP contribution in [-0.4, -0.2) is 26.8 Å². The van der Waals surface area contributed by atoms with E-state index in [2.05, 4.69) is 27.3 Å². The Balaban J connectivity index is 2.30. The summed E-state index contributed by atoms with van der Waals surface area (Å²) in [6.07, 6.45) is 2.86. The minimum absolute atomic E-state index is 0.303. The van der Waals surface area contributed by atoms with E-state index in [4.69, 9.17) is 0 Å². The molecule has 0 aromatic carbocycles. The number of hydrogen-bond donors (Lipinski definition) is 1. The lowest BCUT2D eigenvalue weighted by Crippen LogP contribution is -2.16. The van der Waals surface area contributed by atoms with Gasteiger partial charge >= 0.3 is 0 Å². The lowest BCUT2D eigenvalue weighted by molar-refractivity contribution is 0.561. The first-order chi connectivity index (χ1) is 8.65. The van der Waals surface area contributed by atoms with Gasteiger partial charge in [-0.15, -0.1) is 0 Å². The molecule has 2 rings (SSSR count). The highest BCUT2D eigenvalue weighted by Crippen LogP contribution is 2.15. The fourth-order valence-electron chi connectivity index (χ4n) is 2.06. The first-order valence-corrected chi connectivity index (χ1v) is 6.19. The molecular formula is C13H19N5. The first kappa shape index (κ1) is 12.7. The molecule has 2 aromatic heterocycles. The van der Waals surface area contributed by atoms with Gasteiger partial charge in [0.05, 0.1) is 17.6 Å². The van der Waals surface area contributed by atoms with Crippen molar-refractivity contribution >= 4 is 0 Å². The van der Waals surface area contributed by atoms with Crippen LogP contribution in [0.4, 0.5) is 0 Å². The van der Waals surface area contributed by atoms with Gasteiger partial charge in [-0.1, -0.05) is 6.92 Å². The summed E-state index contributed by atoms with van der Waals surface area (Å²) < 4.78 is 1.81. The summed E-state index contributed by atoms with van der Waals surface area (Å²) in [5.41, 5.74) is 2.00. The molecule has 2 aromatic rings. The molecule has 0 saturated heterocycles. The average Bonchev–Trinajstić information content (AvgIpc) is 2.71. The zero-order valence-corrected chi connectivity index (χ0v) is 11.3. The molecule has 5 nitrogen and oxygen atoms in total. The molecule has 1 atom stereocenters. The molecule has 0 spiro atoms. The maximum atomic E-state index is 4.50. The lowest BCUT2D eigenvalue weighted by Gasteiger charge is -2.13. The number of rotatable bonds is 4. The molecule has 1 N–H and O–H groups in total. The smallest absolute Gasteiger partial charge is 0.148 e. The molecule has 1 unspecified atom stereocenters. The summed E-state index contributed by atoms with van der Waals surface area (Å²) in [7, 11) is 1.95. The van der Waals surface area contributed by atoms with Crippen molar-refractivity contribution in [3.05, 3.63) is 35.7 Å². The van der Waals surface area contributed by atoms with Gasteiger partial charge in [0, 0.05) is 6.04 Å². The number of pyridine rings is 1. The molecule has 0 aliphatic rings. The Labute approximate surface area is 107 Å². The van der Waals surface area contributed by atoms with Crippen LogP contribution < -0.4 is 5.32 Å². The van der Waals surface area contributed by atoms with Crippen LogP contribution in [0, 0.1) is 13.8 Å². The Bertz CT molecular complexity index is 511. The topological polar surface area (TPSA) is 55.6 Å². The molecule has 5 heteroatoms. The second kappa shape index (κ2) is 5.27. The Morgan fingerprint density at radius 3 is 2.56 bits per heavy atom. The minimum atomic E-state index is 0.303. The molecule has 18 heavy (non-hydrogen) atoms. The van der Waals surface area contributed by atoms with E-state index in [1.807, 2.05) is 43.9 Å². The van der Waals surface area contributed by atoms with Crippen molar-refractivity contribution in [2.75, 3.05) is 7.05 Å². The van der Waals surface area contributed by atoms with Crippen molar-refractivity contribution in [2.24, 2.45) is 0 Å². The maximum Gasteiger partial charge on any atom is 0.148 e. The van der Waals surface area contributed by atoms with Crippen LogP contribution >= 0.6 is 0 Å². The van der Waals surface area contributed by atoms with Gasteiger partial charge in [-0.05, 0) is 39.4 Å². The summed E-state index contributed by atoms with van der Waals surface area (Å²) in [4.78, 5) is 8.79. The summed E-state index contributed by atoms with van der Waals surface area (Å²) >= 11 is 0. The van der Waals surface area contributed by atoms with E-state index in [0.717, 1.165) is 29.5 Å². The average molecular weight is 245 g/mol. The van der Waals surface area contributed by atoms with Crippen molar-refractivity contribution in [2.45, 2.75) is 33.2 Å². The third kappa shape index (κ3) is 2.41. The standard InChI is InChI=1S/C13H19N5/c1-5-12(14-4)13-7-6-11(8-15-13)18-10(3)16-9(2)17-18/h6-8,12,14H,5H2,1-4H3. The Morgan fingerprint density at radius 1 is 1.33 bits per heavy atom. The number of hydrogen-bond acceptors (Lipinski definition) is 4. The van der Waals surface area contributed by atoms with E-state index in [1.165, 1.54) is 0 Å². The molecule has 2 heterocycles. The SMILES string of the molecule is CCC(NC)c1ccc(-n2nc(C)nc2C)cn1. The molecular weight excluding hydrogens is 226 g/mol. The van der Waals surface area contributed by atoms with Crippen molar-refractivity contribution in [3.63, 3.8) is 0 Å². The predicted octanol–water partition coefficient (Wildman–Crippen LogP) is 1.95. The third-order valence-electron chi connectivity index (χ3n) is 3.00. The van der Waals surface area contributed by atoms with Crippen molar-refractivity contribution in [3.8, 4) is 5.69 Å². The van der Waals surface area contributed by atoms with Crippen LogP contribution in [0.5, 0.6) is 0 Å². The second-order valence-electron chi connectivity index (χ2n) is 4.31. The number of nitrogens with one attached hydrogen (secondary N) is 1. The van der Waals surface area contributed by atoms with Crippen molar-refractivity contribution in [1.29, 1.82) is 0 Å². The highest BCUT2D eigenvalue weighted by atomic mass is 15.3. The fourth-order valence-corrected chi connectivity index (χ4v) is 2.06. The Kier molecular flexibility index (Phi) is 3.72. The summed E-state index contributed by atoms with van der Waals surface area (Å²) in [5.74, 6) is 1.65. The van der Waals surface area contributed by atoms with Crippen LogP contribution in [0.25, 0.3) is 5.69 Å². The molecule has 0 bridgehead atoms. The van der Waals surface area contributed by atoms with Gasteiger partial charge in [0.2, 0.25) is 0 Å². The fraction of sp³-hybridized carbons (Fsp3) is 0.462. The van der Waals surface area contributed by atoms with Gasteiger partial charge in [-0.3, -0.25) is 4.98 Å². The molecule has 0 radical (unpaired) electrons. The molecule has 96 valence electrons. The molecule has 0 amide bonds. The monoisotopic (exact) mass is 245 g/mol. The van der Waals surface area contributed by atoms with E-state index >= 15 is 0 Å². The van der Waals surface area contributed by atoms with Crippen LogP contribution in [0.3, 0.4) is 0 Å². The van der Waals surface area contributed by atoms with Gasteiger partial charge in [0.1, 0.15) is 11.6 Å². The first-order valence-electron chi connectivity index (χ1n) is 6.19. The van der Waals surface area contributed by atoms with Gasteiger partial charge in [-0.25, -0.2) is 9.67 Å². The maximum absolute atomic E-state index is 4.50. The van der Waals surface area contributed by atoms with E-state index in [-0.39, 0.29) is 0 Å². The quantitative estimate of drug-likeness (QED) is 0.894. The molecule has 0 saturated carbocycles. The van der Waals surface area contributed by atoms with Crippen LogP contribution in [0.2, 0.25) is 0 Å². The zero-order valence-electron chi connectivity index (χ0n) is 11.3. The van der Waals surface area contributed by atoms with E-state index in [0.29, 0.717) is 6.04 Å².